The molecule has 76 valence electrons. The van der Waals surface area contributed by atoms with E-state index in [1.807, 2.05) is 0 Å². The second kappa shape index (κ2) is 2.98. The molecule has 2 fully saturated rings. The van der Waals surface area contributed by atoms with Crippen LogP contribution in [0.2, 0.25) is 0 Å². The zero-order chi connectivity index (χ0) is 9.69. The van der Waals surface area contributed by atoms with Crippen LogP contribution in [0, 0.1) is 5.92 Å². The number of alkyl halides is 3. The summed E-state index contributed by atoms with van der Waals surface area (Å²) in [5.74, 6) is 0.352. The van der Waals surface area contributed by atoms with Gasteiger partial charge in [0, 0.05) is 25.6 Å². The summed E-state index contributed by atoms with van der Waals surface area (Å²) in [6, 6.07) is 0. The molecule has 0 bridgehead atoms. The first-order valence-electron chi connectivity index (χ1n) is 4.68. The van der Waals surface area contributed by atoms with E-state index >= 15 is 0 Å². The molecule has 2 rings (SSSR count). The van der Waals surface area contributed by atoms with Crippen LogP contribution in [-0.4, -0.2) is 34.5 Å². The lowest BCUT2D eigenvalue weighted by molar-refractivity contribution is 0.186. The molecule has 0 spiro atoms. The fourth-order valence-corrected chi connectivity index (χ4v) is 2.46. The molecule has 0 aromatic rings. The van der Waals surface area contributed by atoms with E-state index in [1.54, 1.807) is 6.92 Å². The normalized spacial score (nSPS) is 43.8. The third-order valence-corrected chi connectivity index (χ3v) is 3.86. The van der Waals surface area contributed by atoms with Crippen LogP contribution in [0.25, 0.3) is 0 Å². The molecule has 4 heteroatoms. The van der Waals surface area contributed by atoms with Gasteiger partial charge in [0.2, 0.25) is 0 Å². The fourth-order valence-electron chi connectivity index (χ4n) is 1.95. The maximum atomic E-state index is 13.4. The molecule has 0 radical (unpaired) electrons. The molecule has 1 aliphatic carbocycles. The zero-order valence-electron chi connectivity index (χ0n) is 7.69. The highest BCUT2D eigenvalue weighted by molar-refractivity contribution is 6.50. The quantitative estimate of drug-likeness (QED) is 0.654. The molecule has 1 saturated carbocycles. The van der Waals surface area contributed by atoms with Crippen molar-refractivity contribution in [3.05, 3.63) is 0 Å². The summed E-state index contributed by atoms with van der Waals surface area (Å²) in [6.07, 6.45) is 1.49. The molecule has 0 N–H and O–H groups in total. The lowest BCUT2D eigenvalue weighted by Gasteiger charge is -2.16. The number of likely N-dealkylation sites (tertiary alicyclic amines) is 1. The Morgan fingerprint density at radius 1 is 1.54 bits per heavy atom. The van der Waals surface area contributed by atoms with Gasteiger partial charge in [-0.25, -0.2) is 4.39 Å². The first kappa shape index (κ1) is 10.0. The van der Waals surface area contributed by atoms with Crippen LogP contribution in [0.3, 0.4) is 0 Å². The Morgan fingerprint density at radius 2 is 2.15 bits per heavy atom. The van der Waals surface area contributed by atoms with Crippen LogP contribution in [-0.2, 0) is 0 Å². The second-order valence-electron chi connectivity index (χ2n) is 4.56. The van der Waals surface area contributed by atoms with Gasteiger partial charge < -0.3 is 0 Å². The molecule has 1 aliphatic heterocycles. The molecule has 1 saturated heterocycles. The summed E-state index contributed by atoms with van der Waals surface area (Å²) in [4.78, 5) is 2.12. The topological polar surface area (TPSA) is 3.24 Å². The van der Waals surface area contributed by atoms with Crippen molar-refractivity contribution in [1.82, 2.24) is 4.90 Å². The van der Waals surface area contributed by atoms with Gasteiger partial charge in [0.05, 0.1) is 0 Å². The van der Waals surface area contributed by atoms with E-state index in [0.29, 0.717) is 18.9 Å². The summed E-state index contributed by atoms with van der Waals surface area (Å²) < 4.78 is 12.9. The van der Waals surface area contributed by atoms with Gasteiger partial charge in [-0.15, -0.1) is 23.2 Å². The SMILES string of the molecule is CC1(F)CCN(CC2CC2(Cl)Cl)C1. The number of nitrogens with zero attached hydrogens (tertiary/aromatic N) is 1. The van der Waals surface area contributed by atoms with Gasteiger partial charge in [-0.05, 0) is 19.8 Å². The van der Waals surface area contributed by atoms with Crippen LogP contribution >= 0.6 is 23.2 Å². The molecule has 1 nitrogen and oxygen atoms in total. The van der Waals surface area contributed by atoms with E-state index in [4.69, 9.17) is 23.2 Å². The monoisotopic (exact) mass is 225 g/mol. The minimum atomic E-state index is -1.00. The van der Waals surface area contributed by atoms with Gasteiger partial charge in [-0.3, -0.25) is 4.90 Å². The maximum absolute atomic E-state index is 13.4. The lowest BCUT2D eigenvalue weighted by Crippen LogP contribution is -2.28. The molecular weight excluding hydrogens is 212 g/mol. The highest BCUT2D eigenvalue weighted by Crippen LogP contribution is 2.53. The van der Waals surface area contributed by atoms with E-state index in [2.05, 4.69) is 4.90 Å². The number of hydrogen-bond donors (Lipinski definition) is 0. The molecule has 2 atom stereocenters. The van der Waals surface area contributed by atoms with Gasteiger partial charge in [0.1, 0.15) is 10.0 Å². The van der Waals surface area contributed by atoms with E-state index in [0.717, 1.165) is 19.5 Å². The summed E-state index contributed by atoms with van der Waals surface area (Å²) in [5, 5.41) is 0. The average molecular weight is 226 g/mol. The summed E-state index contributed by atoms with van der Waals surface area (Å²) in [6.45, 7) is 3.89. The number of hydrogen-bond acceptors (Lipinski definition) is 1. The van der Waals surface area contributed by atoms with Crippen molar-refractivity contribution in [2.24, 2.45) is 5.92 Å². The van der Waals surface area contributed by atoms with Crippen LogP contribution in [0.1, 0.15) is 19.8 Å². The van der Waals surface area contributed by atoms with Crippen molar-refractivity contribution in [2.75, 3.05) is 19.6 Å². The van der Waals surface area contributed by atoms with Gasteiger partial charge in [-0.2, -0.15) is 0 Å². The number of rotatable bonds is 2. The lowest BCUT2D eigenvalue weighted by atomic mass is 10.1. The largest absolute Gasteiger partial charge is 0.300 e. The molecule has 2 aliphatic rings. The van der Waals surface area contributed by atoms with E-state index in [1.165, 1.54) is 0 Å². The van der Waals surface area contributed by atoms with Gasteiger partial charge in [0.25, 0.3) is 0 Å². The van der Waals surface area contributed by atoms with Crippen molar-refractivity contribution >= 4 is 23.2 Å². The van der Waals surface area contributed by atoms with Crippen molar-refractivity contribution in [1.29, 1.82) is 0 Å². The smallest absolute Gasteiger partial charge is 0.122 e. The molecule has 0 aromatic carbocycles. The predicted octanol–water partition coefficient (Wildman–Crippen LogP) is 2.61. The first-order chi connectivity index (χ1) is 5.89. The third-order valence-electron chi connectivity index (χ3n) is 2.94. The summed E-state index contributed by atoms with van der Waals surface area (Å²) in [5.41, 5.74) is -1.00. The second-order valence-corrected chi connectivity index (χ2v) is 6.10. The number of halogens is 3. The van der Waals surface area contributed by atoms with Crippen LogP contribution in [0.4, 0.5) is 4.39 Å². The minimum Gasteiger partial charge on any atom is -0.300 e. The predicted molar refractivity (Wildman–Crippen MR) is 53.1 cm³/mol. The highest BCUT2D eigenvalue weighted by atomic mass is 35.5. The Hall–Kier alpha value is 0.470. The van der Waals surface area contributed by atoms with Crippen LogP contribution < -0.4 is 0 Å². The van der Waals surface area contributed by atoms with Crippen molar-refractivity contribution < 1.29 is 4.39 Å². The van der Waals surface area contributed by atoms with Crippen molar-refractivity contribution in [2.45, 2.75) is 29.8 Å². The average Bonchev–Trinajstić information content (AvgIpc) is 2.34. The fraction of sp³-hybridized carbons (Fsp3) is 1.00. The van der Waals surface area contributed by atoms with Crippen molar-refractivity contribution in [3.63, 3.8) is 0 Å². The Kier molecular flexibility index (Phi) is 2.29. The first-order valence-corrected chi connectivity index (χ1v) is 5.44. The van der Waals surface area contributed by atoms with Crippen LogP contribution in [0.15, 0.2) is 0 Å². The Bertz CT molecular complexity index is 218. The molecule has 13 heavy (non-hydrogen) atoms. The molecular formula is C9H14Cl2FN. The summed E-state index contributed by atoms with van der Waals surface area (Å²) >= 11 is 11.8. The van der Waals surface area contributed by atoms with E-state index in [9.17, 15) is 4.39 Å². The van der Waals surface area contributed by atoms with Crippen LogP contribution in [0.5, 0.6) is 0 Å². The molecule has 0 amide bonds. The maximum Gasteiger partial charge on any atom is 0.122 e. The third kappa shape index (κ3) is 2.28. The Morgan fingerprint density at radius 3 is 2.54 bits per heavy atom. The van der Waals surface area contributed by atoms with E-state index in [-0.39, 0.29) is 0 Å². The van der Waals surface area contributed by atoms with Gasteiger partial charge >= 0.3 is 0 Å². The van der Waals surface area contributed by atoms with Gasteiger partial charge in [0.15, 0.2) is 0 Å². The van der Waals surface area contributed by atoms with Gasteiger partial charge in [-0.1, -0.05) is 0 Å². The zero-order valence-corrected chi connectivity index (χ0v) is 9.21. The van der Waals surface area contributed by atoms with Crippen molar-refractivity contribution in [3.8, 4) is 0 Å². The summed E-state index contributed by atoms with van der Waals surface area (Å²) in [7, 11) is 0. The Labute approximate surface area is 88.2 Å². The minimum absolute atomic E-state index is 0.352. The standard InChI is InChI=1S/C9H14Cl2FN/c1-8(12)2-3-13(6-8)5-7-4-9(7,10)11/h7H,2-6H2,1H3. The molecule has 2 unspecified atom stereocenters. The molecule has 1 heterocycles. The Balaban J connectivity index is 1.79. The van der Waals surface area contributed by atoms with E-state index < -0.39 is 10.0 Å². The highest BCUT2D eigenvalue weighted by Gasteiger charge is 2.52. The molecule has 0 aromatic heterocycles.